The van der Waals surface area contributed by atoms with Gasteiger partial charge in [0.25, 0.3) is 11.7 Å². The minimum absolute atomic E-state index is 0.0520. The Morgan fingerprint density at radius 1 is 1.06 bits per heavy atom. The molecule has 31 heavy (non-hydrogen) atoms. The summed E-state index contributed by atoms with van der Waals surface area (Å²) in [4.78, 5) is 27.8. The number of halogens is 1. The molecule has 2 aromatic rings. The van der Waals surface area contributed by atoms with Crippen LogP contribution in [0.25, 0.3) is 5.76 Å². The fraction of sp³-hybridized carbons (Fsp3) is 0.360. The summed E-state index contributed by atoms with van der Waals surface area (Å²) in [5.41, 5.74) is 2.67. The van der Waals surface area contributed by atoms with Crippen molar-refractivity contribution in [3.05, 3.63) is 70.0 Å². The third-order valence-electron chi connectivity index (χ3n) is 6.38. The first-order valence-corrected chi connectivity index (χ1v) is 10.5. The van der Waals surface area contributed by atoms with Gasteiger partial charge < -0.3 is 14.7 Å². The molecule has 1 saturated carbocycles. The van der Waals surface area contributed by atoms with Crippen LogP contribution in [0.3, 0.4) is 0 Å². The second kappa shape index (κ2) is 8.17. The van der Waals surface area contributed by atoms with Crippen molar-refractivity contribution in [3.63, 3.8) is 0 Å². The highest BCUT2D eigenvalue weighted by Crippen LogP contribution is 2.44. The Kier molecular flexibility index (Phi) is 5.56. The van der Waals surface area contributed by atoms with Crippen molar-refractivity contribution >= 4 is 17.4 Å². The zero-order valence-corrected chi connectivity index (χ0v) is 17.9. The van der Waals surface area contributed by atoms with E-state index in [9.17, 15) is 19.1 Å². The molecule has 1 aliphatic carbocycles. The van der Waals surface area contributed by atoms with E-state index in [0.717, 1.165) is 36.8 Å². The van der Waals surface area contributed by atoms with Crippen molar-refractivity contribution in [2.24, 2.45) is 0 Å². The quantitative estimate of drug-likeness (QED) is 0.435. The molecule has 0 spiro atoms. The van der Waals surface area contributed by atoms with Crippen molar-refractivity contribution in [2.75, 3.05) is 7.11 Å². The van der Waals surface area contributed by atoms with Crippen LogP contribution in [0.4, 0.5) is 4.39 Å². The number of likely N-dealkylation sites (tertiary alicyclic amines) is 1. The standard InChI is InChI=1S/C25H26FNO4/c1-14-13-20(31-3)15(2)12-19(14)23(28)21-22(16-8-10-17(26)11-9-16)27(25(30)24(21)29)18-6-4-5-7-18/h8-13,18,22,28H,4-7H2,1-3H3/b23-21+. The molecule has 2 aliphatic rings. The summed E-state index contributed by atoms with van der Waals surface area (Å²) >= 11 is 0. The average molecular weight is 423 g/mol. The molecular weight excluding hydrogens is 397 g/mol. The molecule has 1 N–H and O–H groups in total. The Labute approximate surface area is 181 Å². The number of aliphatic hydroxyl groups excluding tert-OH is 1. The number of ketones is 1. The highest BCUT2D eigenvalue weighted by Gasteiger charge is 2.49. The molecule has 0 bridgehead atoms. The number of hydrogen-bond acceptors (Lipinski definition) is 4. The van der Waals surface area contributed by atoms with Crippen LogP contribution in [-0.4, -0.2) is 34.8 Å². The largest absolute Gasteiger partial charge is 0.507 e. The number of ether oxygens (including phenoxy) is 1. The number of nitrogens with zero attached hydrogens (tertiary/aromatic N) is 1. The van der Waals surface area contributed by atoms with E-state index in [1.54, 1.807) is 36.3 Å². The molecule has 6 heteroatoms. The third-order valence-corrected chi connectivity index (χ3v) is 6.38. The number of Topliss-reactive ketones (excluding diaryl/α,β-unsaturated/α-hetero) is 1. The molecule has 0 aromatic heterocycles. The monoisotopic (exact) mass is 423 g/mol. The molecule has 1 saturated heterocycles. The highest BCUT2D eigenvalue weighted by atomic mass is 19.1. The smallest absolute Gasteiger partial charge is 0.295 e. The van der Waals surface area contributed by atoms with E-state index in [1.165, 1.54) is 12.1 Å². The number of methoxy groups -OCH3 is 1. The topological polar surface area (TPSA) is 66.8 Å². The van der Waals surface area contributed by atoms with Crippen LogP contribution in [0, 0.1) is 19.7 Å². The number of benzene rings is 2. The molecule has 4 rings (SSSR count). The number of rotatable bonds is 4. The lowest BCUT2D eigenvalue weighted by Crippen LogP contribution is -2.37. The van der Waals surface area contributed by atoms with Gasteiger partial charge in [-0.25, -0.2) is 4.39 Å². The molecule has 5 nitrogen and oxygen atoms in total. The first kappa shape index (κ1) is 21.1. The predicted molar refractivity (Wildman–Crippen MR) is 115 cm³/mol. The molecule has 1 atom stereocenters. The zero-order chi connectivity index (χ0) is 22.3. The molecule has 1 heterocycles. The number of amides is 1. The van der Waals surface area contributed by atoms with Gasteiger partial charge in [-0.3, -0.25) is 9.59 Å². The van der Waals surface area contributed by atoms with Crippen LogP contribution in [-0.2, 0) is 9.59 Å². The van der Waals surface area contributed by atoms with Gasteiger partial charge in [-0.2, -0.15) is 0 Å². The zero-order valence-electron chi connectivity index (χ0n) is 17.9. The second-order valence-corrected chi connectivity index (χ2v) is 8.33. The Bertz CT molecular complexity index is 1070. The number of carbonyl (C=O) groups excluding carboxylic acids is 2. The van der Waals surface area contributed by atoms with Gasteiger partial charge in [0.1, 0.15) is 17.3 Å². The average Bonchev–Trinajstić information content (AvgIpc) is 3.36. The fourth-order valence-corrected chi connectivity index (χ4v) is 4.79. The summed E-state index contributed by atoms with van der Waals surface area (Å²) in [6, 6.07) is 8.51. The first-order chi connectivity index (χ1) is 14.8. The van der Waals surface area contributed by atoms with Gasteiger partial charge in [-0.1, -0.05) is 25.0 Å². The Balaban J connectivity index is 1.91. The lowest BCUT2D eigenvalue weighted by molar-refractivity contribution is -0.141. The summed E-state index contributed by atoms with van der Waals surface area (Å²) in [6.45, 7) is 3.67. The van der Waals surface area contributed by atoms with Crippen LogP contribution in [0.5, 0.6) is 5.75 Å². The van der Waals surface area contributed by atoms with Crippen molar-refractivity contribution in [2.45, 2.75) is 51.6 Å². The summed E-state index contributed by atoms with van der Waals surface area (Å²) in [5.74, 6) is -1.24. The van der Waals surface area contributed by atoms with E-state index >= 15 is 0 Å². The van der Waals surface area contributed by atoms with E-state index in [1.807, 2.05) is 13.8 Å². The minimum Gasteiger partial charge on any atom is -0.507 e. The van der Waals surface area contributed by atoms with Crippen LogP contribution in [0.2, 0.25) is 0 Å². The van der Waals surface area contributed by atoms with E-state index in [0.29, 0.717) is 16.9 Å². The summed E-state index contributed by atoms with van der Waals surface area (Å²) in [5, 5.41) is 11.3. The van der Waals surface area contributed by atoms with Gasteiger partial charge in [-0.05, 0) is 67.6 Å². The number of hydrogen-bond donors (Lipinski definition) is 1. The van der Waals surface area contributed by atoms with E-state index < -0.39 is 23.5 Å². The van der Waals surface area contributed by atoms with Gasteiger partial charge in [-0.15, -0.1) is 0 Å². The van der Waals surface area contributed by atoms with Crippen LogP contribution in [0.1, 0.15) is 54.0 Å². The normalized spacial score (nSPS) is 21.2. The Morgan fingerprint density at radius 2 is 1.71 bits per heavy atom. The molecule has 0 radical (unpaired) electrons. The van der Waals surface area contributed by atoms with Gasteiger partial charge in [0.15, 0.2) is 0 Å². The minimum atomic E-state index is -0.745. The maximum Gasteiger partial charge on any atom is 0.295 e. The third kappa shape index (κ3) is 3.60. The van der Waals surface area contributed by atoms with Gasteiger partial charge in [0, 0.05) is 11.6 Å². The van der Waals surface area contributed by atoms with Gasteiger partial charge in [0.2, 0.25) is 0 Å². The fourth-order valence-electron chi connectivity index (χ4n) is 4.79. The summed E-state index contributed by atoms with van der Waals surface area (Å²) < 4.78 is 18.9. The maximum absolute atomic E-state index is 13.6. The predicted octanol–water partition coefficient (Wildman–Crippen LogP) is 4.82. The Morgan fingerprint density at radius 3 is 2.32 bits per heavy atom. The first-order valence-electron chi connectivity index (χ1n) is 10.5. The molecule has 1 aliphatic heterocycles. The molecule has 2 aromatic carbocycles. The van der Waals surface area contributed by atoms with Gasteiger partial charge in [0.05, 0.1) is 18.7 Å². The second-order valence-electron chi connectivity index (χ2n) is 8.33. The highest BCUT2D eigenvalue weighted by molar-refractivity contribution is 6.46. The maximum atomic E-state index is 13.6. The molecule has 162 valence electrons. The molecular formula is C25H26FNO4. The van der Waals surface area contributed by atoms with Crippen molar-refractivity contribution in [1.29, 1.82) is 0 Å². The lowest BCUT2D eigenvalue weighted by atomic mass is 9.92. The van der Waals surface area contributed by atoms with Gasteiger partial charge >= 0.3 is 0 Å². The summed E-state index contributed by atoms with van der Waals surface area (Å²) in [6.07, 6.45) is 3.60. The van der Waals surface area contributed by atoms with Crippen LogP contribution in [0.15, 0.2) is 42.0 Å². The molecule has 1 amide bonds. The number of aryl methyl sites for hydroxylation is 2. The lowest BCUT2D eigenvalue weighted by Gasteiger charge is -2.30. The number of carbonyl (C=O) groups is 2. The van der Waals surface area contributed by atoms with Crippen LogP contribution < -0.4 is 4.74 Å². The van der Waals surface area contributed by atoms with Crippen LogP contribution >= 0.6 is 0 Å². The molecule has 1 unspecified atom stereocenters. The Hall–Kier alpha value is -3.15. The summed E-state index contributed by atoms with van der Waals surface area (Å²) in [7, 11) is 1.57. The van der Waals surface area contributed by atoms with Crippen molar-refractivity contribution in [3.8, 4) is 5.75 Å². The van der Waals surface area contributed by atoms with E-state index in [2.05, 4.69) is 0 Å². The molecule has 2 fully saturated rings. The van der Waals surface area contributed by atoms with E-state index in [-0.39, 0.29) is 17.4 Å². The van der Waals surface area contributed by atoms with Crippen molar-refractivity contribution in [1.82, 2.24) is 4.90 Å². The number of aliphatic hydroxyl groups is 1. The van der Waals surface area contributed by atoms with E-state index in [4.69, 9.17) is 4.74 Å². The van der Waals surface area contributed by atoms with Crippen molar-refractivity contribution < 1.29 is 23.8 Å². The SMILES string of the molecule is COc1cc(C)c(/C(O)=C2\C(=O)C(=O)N(C3CCCC3)C2c2ccc(F)cc2)cc1C.